The number of thioether (sulfide) groups is 1. The van der Waals surface area contributed by atoms with Crippen LogP contribution in [-0.2, 0) is 4.79 Å². The van der Waals surface area contributed by atoms with Crippen LogP contribution in [0.2, 0.25) is 0 Å². The maximum atomic E-state index is 10.9. The van der Waals surface area contributed by atoms with Gasteiger partial charge in [0.1, 0.15) is 0 Å². The van der Waals surface area contributed by atoms with Crippen LogP contribution in [0.15, 0.2) is 24.3 Å². The number of hydrogen-bond acceptors (Lipinski definition) is 3. The van der Waals surface area contributed by atoms with Gasteiger partial charge in [-0.05, 0) is 36.0 Å². The average Bonchev–Trinajstić information content (AvgIpc) is 2.71. The fraction of sp³-hybridized carbons (Fsp3) is 0.545. The van der Waals surface area contributed by atoms with Crippen molar-refractivity contribution in [3.8, 4) is 0 Å². The van der Waals surface area contributed by atoms with E-state index in [0.717, 1.165) is 0 Å². The van der Waals surface area contributed by atoms with Gasteiger partial charge in [-0.15, -0.1) is 0 Å². The quantitative estimate of drug-likeness (QED) is 0.747. The molecule has 2 rings (SSSR count). The summed E-state index contributed by atoms with van der Waals surface area (Å²) in [6, 6.07) is 0.186. The second kappa shape index (κ2) is 4.32. The summed E-state index contributed by atoms with van der Waals surface area (Å²) in [6.07, 6.45) is 8.36. The Labute approximate surface area is 88.6 Å². The van der Waals surface area contributed by atoms with Crippen LogP contribution < -0.4 is 5.73 Å². The molecule has 1 unspecified atom stereocenters. The van der Waals surface area contributed by atoms with E-state index in [4.69, 9.17) is 5.73 Å². The minimum Gasteiger partial charge on any atom is -0.327 e. The molecular weight excluding hydrogens is 194 g/mol. The molecule has 14 heavy (non-hydrogen) atoms. The number of carbonyl (C=O) groups excluding carboxylic acids is 1. The zero-order valence-electron chi connectivity index (χ0n) is 8.06. The van der Waals surface area contributed by atoms with Crippen molar-refractivity contribution in [2.24, 2.45) is 17.6 Å². The molecule has 0 spiro atoms. The van der Waals surface area contributed by atoms with Gasteiger partial charge in [0, 0.05) is 12.0 Å². The van der Waals surface area contributed by atoms with E-state index in [-0.39, 0.29) is 17.7 Å². The summed E-state index contributed by atoms with van der Waals surface area (Å²) in [7, 11) is 0. The Kier molecular flexibility index (Phi) is 3.08. The van der Waals surface area contributed by atoms with Crippen LogP contribution in [-0.4, -0.2) is 23.3 Å². The van der Waals surface area contributed by atoms with E-state index in [2.05, 4.69) is 0 Å². The van der Waals surface area contributed by atoms with E-state index < -0.39 is 0 Å². The van der Waals surface area contributed by atoms with Crippen LogP contribution in [0.5, 0.6) is 0 Å². The Bertz CT molecular complexity index is 263. The fourth-order valence-electron chi connectivity index (χ4n) is 1.96. The molecular formula is C11H15NOS. The Morgan fingerprint density at radius 1 is 1.43 bits per heavy atom. The molecule has 1 fully saturated rings. The van der Waals surface area contributed by atoms with Gasteiger partial charge in [0.2, 0.25) is 0 Å². The van der Waals surface area contributed by atoms with Gasteiger partial charge in [-0.1, -0.05) is 12.2 Å². The van der Waals surface area contributed by atoms with Crippen molar-refractivity contribution in [2.45, 2.75) is 12.5 Å². The first kappa shape index (κ1) is 9.99. The number of nitrogens with two attached hydrogens (primary N) is 1. The van der Waals surface area contributed by atoms with E-state index in [1.165, 1.54) is 17.9 Å². The summed E-state index contributed by atoms with van der Waals surface area (Å²) < 4.78 is 0. The van der Waals surface area contributed by atoms with Crippen LogP contribution in [0, 0.1) is 11.8 Å². The van der Waals surface area contributed by atoms with E-state index in [1.807, 2.05) is 23.9 Å². The molecule has 2 nitrogen and oxygen atoms in total. The average molecular weight is 209 g/mol. The fourth-order valence-corrected chi connectivity index (χ4v) is 3.29. The zero-order valence-corrected chi connectivity index (χ0v) is 8.87. The summed E-state index contributed by atoms with van der Waals surface area (Å²) in [5, 5.41) is 0. The highest BCUT2D eigenvalue weighted by atomic mass is 32.2. The smallest absolute Gasteiger partial charge is 0.178 e. The molecule has 1 aliphatic carbocycles. The lowest BCUT2D eigenvalue weighted by Crippen LogP contribution is -2.36. The minimum atomic E-state index is 0.0780. The first-order chi connectivity index (χ1) is 6.77. The molecule has 0 aromatic carbocycles. The Balaban J connectivity index is 1.97. The van der Waals surface area contributed by atoms with Crippen LogP contribution in [0.1, 0.15) is 6.42 Å². The lowest BCUT2D eigenvalue weighted by Gasteiger charge is -2.24. The Morgan fingerprint density at radius 2 is 2.14 bits per heavy atom. The van der Waals surface area contributed by atoms with Crippen molar-refractivity contribution >= 4 is 17.5 Å². The summed E-state index contributed by atoms with van der Waals surface area (Å²) in [4.78, 5) is 10.9. The lowest BCUT2D eigenvalue weighted by molar-refractivity contribution is -0.110. The minimum absolute atomic E-state index is 0.0780. The third kappa shape index (κ3) is 2.10. The standard InChI is InChI=1S/C11H15NOS/c12-11(9-5-6-14-7-9)8-1-3-10(13)4-2-8/h1-4,8-9,11H,5-7,12H2/t9?,11-/m0/s1. The molecule has 76 valence electrons. The van der Waals surface area contributed by atoms with Gasteiger partial charge in [0.15, 0.2) is 5.78 Å². The third-order valence-electron chi connectivity index (χ3n) is 2.92. The van der Waals surface area contributed by atoms with Crippen molar-refractivity contribution in [2.75, 3.05) is 11.5 Å². The highest BCUT2D eigenvalue weighted by Gasteiger charge is 2.27. The molecule has 0 aromatic rings. The molecule has 1 aliphatic heterocycles. The highest BCUT2D eigenvalue weighted by Crippen LogP contribution is 2.29. The van der Waals surface area contributed by atoms with E-state index in [1.54, 1.807) is 12.2 Å². The first-order valence-electron chi connectivity index (χ1n) is 5.01. The van der Waals surface area contributed by atoms with Gasteiger partial charge < -0.3 is 5.73 Å². The van der Waals surface area contributed by atoms with Crippen molar-refractivity contribution in [3.63, 3.8) is 0 Å². The van der Waals surface area contributed by atoms with Crippen molar-refractivity contribution in [1.82, 2.24) is 0 Å². The van der Waals surface area contributed by atoms with E-state index in [9.17, 15) is 4.79 Å². The van der Waals surface area contributed by atoms with Crippen molar-refractivity contribution < 1.29 is 4.79 Å². The second-order valence-electron chi connectivity index (χ2n) is 3.90. The predicted octanol–water partition coefficient (Wildman–Crippen LogP) is 1.38. The number of carbonyl (C=O) groups is 1. The van der Waals surface area contributed by atoms with Gasteiger partial charge in [0.05, 0.1) is 0 Å². The maximum absolute atomic E-state index is 10.9. The van der Waals surface area contributed by atoms with Crippen LogP contribution in [0.4, 0.5) is 0 Å². The highest BCUT2D eigenvalue weighted by molar-refractivity contribution is 7.99. The molecule has 0 aromatic heterocycles. The molecule has 0 saturated carbocycles. The summed E-state index contributed by atoms with van der Waals surface area (Å²) in [6.45, 7) is 0. The second-order valence-corrected chi connectivity index (χ2v) is 5.05. The van der Waals surface area contributed by atoms with Crippen LogP contribution in [0.3, 0.4) is 0 Å². The number of hydrogen-bond donors (Lipinski definition) is 1. The van der Waals surface area contributed by atoms with Crippen molar-refractivity contribution in [1.29, 1.82) is 0 Å². The number of allylic oxidation sites excluding steroid dienone is 2. The molecule has 2 N–H and O–H groups in total. The lowest BCUT2D eigenvalue weighted by atomic mass is 9.86. The van der Waals surface area contributed by atoms with Gasteiger partial charge in [-0.3, -0.25) is 4.79 Å². The topological polar surface area (TPSA) is 43.1 Å². The SMILES string of the molecule is N[C@@H](C1C=CC(=O)C=C1)C1CCSC1. The monoisotopic (exact) mass is 209 g/mol. The van der Waals surface area contributed by atoms with Gasteiger partial charge in [-0.25, -0.2) is 0 Å². The maximum Gasteiger partial charge on any atom is 0.178 e. The molecule has 1 saturated heterocycles. The predicted molar refractivity (Wildman–Crippen MR) is 60.2 cm³/mol. The van der Waals surface area contributed by atoms with E-state index >= 15 is 0 Å². The first-order valence-corrected chi connectivity index (χ1v) is 6.16. The molecule has 0 bridgehead atoms. The van der Waals surface area contributed by atoms with Crippen molar-refractivity contribution in [3.05, 3.63) is 24.3 Å². The molecule has 2 atom stereocenters. The summed E-state index contributed by atoms with van der Waals surface area (Å²) in [5.41, 5.74) is 6.17. The van der Waals surface area contributed by atoms with Gasteiger partial charge in [0.25, 0.3) is 0 Å². The van der Waals surface area contributed by atoms with Crippen LogP contribution >= 0.6 is 11.8 Å². The summed E-state index contributed by atoms with van der Waals surface area (Å²) >= 11 is 1.98. The van der Waals surface area contributed by atoms with E-state index in [0.29, 0.717) is 5.92 Å². The molecule has 2 aliphatic rings. The Morgan fingerprint density at radius 3 is 2.71 bits per heavy atom. The molecule has 3 heteroatoms. The molecule has 0 amide bonds. The molecule has 1 heterocycles. The third-order valence-corrected chi connectivity index (χ3v) is 4.11. The summed E-state index contributed by atoms with van der Waals surface area (Å²) in [5.74, 6) is 3.36. The largest absolute Gasteiger partial charge is 0.327 e. The number of rotatable bonds is 2. The zero-order chi connectivity index (χ0) is 9.97. The van der Waals surface area contributed by atoms with Crippen LogP contribution in [0.25, 0.3) is 0 Å². The number of ketones is 1. The Hall–Kier alpha value is -0.540. The van der Waals surface area contributed by atoms with Gasteiger partial charge >= 0.3 is 0 Å². The van der Waals surface area contributed by atoms with Gasteiger partial charge in [-0.2, -0.15) is 11.8 Å². The normalized spacial score (nSPS) is 29.8. The molecule has 0 radical (unpaired) electrons.